The average Bonchev–Trinajstić information content (AvgIpc) is 2.62. The molecule has 1 aliphatic heterocycles. The van der Waals surface area contributed by atoms with E-state index in [2.05, 4.69) is 33.0 Å². The average molecular weight is 375 g/mol. The summed E-state index contributed by atoms with van der Waals surface area (Å²) < 4.78 is 5.78. The van der Waals surface area contributed by atoms with Crippen molar-refractivity contribution in [1.29, 1.82) is 0 Å². The first kappa shape index (κ1) is 21.3. The number of piperidine rings is 1. The van der Waals surface area contributed by atoms with Crippen LogP contribution in [0.5, 0.6) is 5.75 Å². The third-order valence-corrected chi connectivity index (χ3v) is 5.01. The molecule has 1 aromatic rings. The lowest BCUT2D eigenvalue weighted by Crippen LogP contribution is -2.49. The predicted molar refractivity (Wildman–Crippen MR) is 108 cm³/mol. The van der Waals surface area contributed by atoms with Crippen molar-refractivity contribution >= 4 is 11.8 Å². The van der Waals surface area contributed by atoms with Gasteiger partial charge in [0.05, 0.1) is 0 Å². The van der Waals surface area contributed by atoms with E-state index in [1.807, 2.05) is 29.2 Å². The normalized spacial score (nSPS) is 16.5. The number of amides is 2. The van der Waals surface area contributed by atoms with Crippen molar-refractivity contribution in [3.05, 3.63) is 29.8 Å². The fraction of sp³-hybridized carbons (Fsp3) is 0.636. The van der Waals surface area contributed by atoms with E-state index in [1.54, 1.807) is 6.92 Å². The first-order valence-corrected chi connectivity index (χ1v) is 10.1. The van der Waals surface area contributed by atoms with Gasteiger partial charge in [0, 0.05) is 25.6 Å². The van der Waals surface area contributed by atoms with E-state index >= 15 is 0 Å². The molecule has 2 rings (SSSR count). The van der Waals surface area contributed by atoms with Gasteiger partial charge in [-0.1, -0.05) is 39.8 Å². The number of benzene rings is 1. The lowest BCUT2D eigenvalue weighted by atomic mass is 10.0. The van der Waals surface area contributed by atoms with Gasteiger partial charge < -0.3 is 15.0 Å². The van der Waals surface area contributed by atoms with Crippen LogP contribution >= 0.6 is 0 Å². The first-order chi connectivity index (χ1) is 12.8. The van der Waals surface area contributed by atoms with Crippen molar-refractivity contribution in [2.75, 3.05) is 13.1 Å². The van der Waals surface area contributed by atoms with Crippen molar-refractivity contribution in [3.8, 4) is 5.75 Å². The Kier molecular flexibility index (Phi) is 7.69. The highest BCUT2D eigenvalue weighted by molar-refractivity contribution is 5.81. The summed E-state index contributed by atoms with van der Waals surface area (Å²) in [5.74, 6) is 1.67. The molecule has 0 bridgehead atoms. The van der Waals surface area contributed by atoms with E-state index in [0.29, 0.717) is 37.1 Å². The smallest absolute Gasteiger partial charge is 0.260 e. The van der Waals surface area contributed by atoms with Gasteiger partial charge in [0.1, 0.15) is 5.75 Å². The van der Waals surface area contributed by atoms with Crippen molar-refractivity contribution in [2.24, 2.45) is 5.92 Å². The number of rotatable bonds is 7. The van der Waals surface area contributed by atoms with Gasteiger partial charge >= 0.3 is 0 Å². The quantitative estimate of drug-likeness (QED) is 0.791. The van der Waals surface area contributed by atoms with Crippen LogP contribution < -0.4 is 10.1 Å². The molecule has 1 aromatic carbocycles. The fourth-order valence-corrected chi connectivity index (χ4v) is 3.26. The minimum absolute atomic E-state index is 0.102. The zero-order chi connectivity index (χ0) is 20.0. The minimum Gasteiger partial charge on any atom is -0.481 e. The summed E-state index contributed by atoms with van der Waals surface area (Å²) in [7, 11) is 0. The molecule has 1 atom stereocenters. The number of hydrogen-bond donors (Lipinski definition) is 1. The molecule has 5 nitrogen and oxygen atoms in total. The highest BCUT2D eigenvalue weighted by Gasteiger charge is 2.26. The van der Waals surface area contributed by atoms with Gasteiger partial charge in [-0.2, -0.15) is 0 Å². The molecule has 0 aromatic heterocycles. The second-order valence-corrected chi connectivity index (χ2v) is 8.25. The Bertz CT molecular complexity index is 617. The maximum atomic E-state index is 12.4. The molecule has 0 saturated carbocycles. The molecule has 2 amide bonds. The summed E-state index contributed by atoms with van der Waals surface area (Å²) in [6.07, 6.45) is 1.64. The van der Waals surface area contributed by atoms with E-state index in [4.69, 9.17) is 4.74 Å². The van der Waals surface area contributed by atoms with Crippen molar-refractivity contribution < 1.29 is 14.3 Å². The van der Waals surface area contributed by atoms with E-state index in [0.717, 1.165) is 12.8 Å². The second kappa shape index (κ2) is 9.77. The fourth-order valence-electron chi connectivity index (χ4n) is 3.26. The maximum Gasteiger partial charge on any atom is 0.260 e. The summed E-state index contributed by atoms with van der Waals surface area (Å²) in [4.78, 5) is 26.5. The second-order valence-electron chi connectivity index (χ2n) is 8.25. The van der Waals surface area contributed by atoms with Crippen molar-refractivity contribution in [3.63, 3.8) is 0 Å². The Hall–Kier alpha value is -2.04. The number of nitrogens with zero attached hydrogens (tertiary/aromatic N) is 1. The Morgan fingerprint density at radius 2 is 1.67 bits per heavy atom. The number of carbonyl (C=O) groups excluding carboxylic acids is 2. The van der Waals surface area contributed by atoms with E-state index in [-0.39, 0.29) is 17.9 Å². The van der Waals surface area contributed by atoms with Gasteiger partial charge in [-0.3, -0.25) is 9.59 Å². The molecule has 1 fully saturated rings. The van der Waals surface area contributed by atoms with Crippen molar-refractivity contribution in [2.45, 2.75) is 71.9 Å². The molecule has 150 valence electrons. The highest BCUT2D eigenvalue weighted by Crippen LogP contribution is 2.20. The van der Waals surface area contributed by atoms with Crippen molar-refractivity contribution in [1.82, 2.24) is 10.2 Å². The van der Waals surface area contributed by atoms with Crippen LogP contribution in [0.4, 0.5) is 0 Å². The largest absolute Gasteiger partial charge is 0.481 e. The summed E-state index contributed by atoms with van der Waals surface area (Å²) in [6.45, 7) is 11.6. The lowest BCUT2D eigenvalue weighted by molar-refractivity contribution is -0.133. The van der Waals surface area contributed by atoms with Crippen LogP contribution in [0.1, 0.15) is 65.4 Å². The summed E-state index contributed by atoms with van der Waals surface area (Å²) in [6, 6.07) is 8.01. The minimum atomic E-state index is -0.546. The molecule has 27 heavy (non-hydrogen) atoms. The summed E-state index contributed by atoms with van der Waals surface area (Å²) in [5.41, 5.74) is 1.25. The maximum absolute atomic E-state index is 12.4. The predicted octanol–water partition coefficient (Wildman–Crippen LogP) is 3.73. The number of carbonyl (C=O) groups is 2. The summed E-state index contributed by atoms with van der Waals surface area (Å²) in [5, 5.41) is 3.07. The molecule has 1 saturated heterocycles. The van der Waals surface area contributed by atoms with Crippen LogP contribution in [-0.2, 0) is 9.59 Å². The molecule has 1 heterocycles. The van der Waals surface area contributed by atoms with Gasteiger partial charge in [-0.25, -0.2) is 0 Å². The zero-order valence-electron chi connectivity index (χ0n) is 17.3. The zero-order valence-corrected chi connectivity index (χ0v) is 17.3. The highest BCUT2D eigenvalue weighted by atomic mass is 16.5. The van der Waals surface area contributed by atoms with Gasteiger partial charge in [0.2, 0.25) is 5.91 Å². The molecule has 5 heteroatoms. The first-order valence-electron chi connectivity index (χ1n) is 10.1. The topological polar surface area (TPSA) is 58.6 Å². The number of likely N-dealkylation sites (tertiary alicyclic amines) is 1. The molecule has 1 unspecified atom stereocenters. The third-order valence-electron chi connectivity index (χ3n) is 5.01. The van der Waals surface area contributed by atoms with Gasteiger partial charge in [-0.15, -0.1) is 0 Å². The molecular formula is C22H34N2O3. The molecule has 1 N–H and O–H groups in total. The van der Waals surface area contributed by atoms with E-state index < -0.39 is 6.10 Å². The Balaban J connectivity index is 1.77. The number of nitrogens with one attached hydrogen (secondary N) is 1. The van der Waals surface area contributed by atoms with E-state index in [9.17, 15) is 9.59 Å². The SMILES string of the molecule is CC(C)CC(=O)N1CCC(NC(=O)C(C)Oc2ccc(C(C)C)cc2)CC1. The van der Waals surface area contributed by atoms with Crippen LogP contribution in [0.25, 0.3) is 0 Å². The number of hydrogen-bond acceptors (Lipinski definition) is 3. The van der Waals surface area contributed by atoms with Crippen LogP contribution in [-0.4, -0.2) is 41.9 Å². The molecule has 0 spiro atoms. The molecular weight excluding hydrogens is 340 g/mol. The third kappa shape index (κ3) is 6.56. The van der Waals surface area contributed by atoms with Crippen LogP contribution in [0.3, 0.4) is 0 Å². The molecule has 0 aliphatic carbocycles. The van der Waals surface area contributed by atoms with Gasteiger partial charge in [0.15, 0.2) is 6.10 Å². The Morgan fingerprint density at radius 3 is 2.19 bits per heavy atom. The Labute approximate surface area is 163 Å². The van der Waals surface area contributed by atoms with E-state index in [1.165, 1.54) is 5.56 Å². The van der Waals surface area contributed by atoms with Crippen LogP contribution in [0.15, 0.2) is 24.3 Å². The standard InChI is InChI=1S/C22H34N2O3/c1-15(2)14-21(25)24-12-10-19(11-13-24)23-22(26)17(5)27-20-8-6-18(7-9-20)16(3)4/h6-9,15-17,19H,10-14H2,1-5H3,(H,23,26). The lowest BCUT2D eigenvalue weighted by Gasteiger charge is -2.33. The number of ether oxygens (including phenoxy) is 1. The van der Waals surface area contributed by atoms with Gasteiger partial charge in [0.25, 0.3) is 5.91 Å². The monoisotopic (exact) mass is 374 g/mol. The molecule has 1 aliphatic rings. The van der Waals surface area contributed by atoms with Gasteiger partial charge in [-0.05, 0) is 49.3 Å². The molecule has 0 radical (unpaired) electrons. The summed E-state index contributed by atoms with van der Waals surface area (Å²) >= 11 is 0. The Morgan fingerprint density at radius 1 is 1.07 bits per heavy atom. The van der Waals surface area contributed by atoms with Crippen LogP contribution in [0.2, 0.25) is 0 Å². The van der Waals surface area contributed by atoms with Crippen LogP contribution in [0, 0.1) is 5.92 Å².